The van der Waals surface area contributed by atoms with Crippen LogP contribution in [0.1, 0.15) is 0 Å². The molecule has 0 bridgehead atoms. The van der Waals surface area contributed by atoms with Crippen LogP contribution >= 0.6 is 0 Å². The number of pyridine rings is 1. The third-order valence-electron chi connectivity index (χ3n) is 11.5. The molecule has 58 heavy (non-hydrogen) atoms. The van der Waals surface area contributed by atoms with Crippen molar-refractivity contribution in [3.8, 4) is 50.7 Å². The molecule has 270 valence electrons. The second kappa shape index (κ2) is 12.8. The highest BCUT2D eigenvalue weighted by molar-refractivity contribution is 6.28. The van der Waals surface area contributed by atoms with E-state index in [4.69, 9.17) is 15.1 Å². The predicted molar refractivity (Wildman–Crippen MR) is 239 cm³/mol. The summed E-state index contributed by atoms with van der Waals surface area (Å²) >= 11 is 0. The molecule has 0 atom stereocenters. The monoisotopic (exact) mass is 739 g/mol. The molecule has 0 saturated carbocycles. The van der Waals surface area contributed by atoms with Gasteiger partial charge in [-0.25, -0.2) is 14.5 Å². The van der Waals surface area contributed by atoms with Gasteiger partial charge in [0, 0.05) is 49.3 Å². The summed E-state index contributed by atoms with van der Waals surface area (Å²) in [6.45, 7) is 0. The van der Waals surface area contributed by atoms with Crippen LogP contribution in [0.25, 0.3) is 111 Å². The first-order chi connectivity index (χ1) is 28.8. The Morgan fingerprint density at radius 2 is 0.931 bits per heavy atom. The minimum Gasteiger partial charge on any atom is -0.309 e. The summed E-state index contributed by atoms with van der Waals surface area (Å²) in [4.78, 5) is 10.5. The van der Waals surface area contributed by atoms with Gasteiger partial charge < -0.3 is 4.57 Å². The Hall–Kier alpha value is -7.89. The van der Waals surface area contributed by atoms with E-state index in [-0.39, 0.29) is 0 Å². The van der Waals surface area contributed by atoms with Crippen molar-refractivity contribution in [1.29, 1.82) is 0 Å². The van der Waals surface area contributed by atoms with Crippen molar-refractivity contribution in [3.63, 3.8) is 0 Å². The minimum absolute atomic E-state index is 0.812. The summed E-state index contributed by atoms with van der Waals surface area (Å²) in [6.07, 6.45) is 0. The van der Waals surface area contributed by atoms with E-state index < -0.39 is 0 Å². The molecule has 0 aliphatic heterocycles. The quantitative estimate of drug-likeness (QED) is 0.165. The number of rotatable bonds is 5. The van der Waals surface area contributed by atoms with Crippen LogP contribution < -0.4 is 0 Å². The zero-order valence-electron chi connectivity index (χ0n) is 31.3. The summed E-state index contributed by atoms with van der Waals surface area (Å²) in [5.74, 6) is 0.812. The van der Waals surface area contributed by atoms with Crippen LogP contribution in [0.3, 0.4) is 0 Å². The predicted octanol–water partition coefficient (Wildman–Crippen LogP) is 13.3. The molecule has 0 fully saturated rings. The zero-order chi connectivity index (χ0) is 38.2. The van der Waals surface area contributed by atoms with Crippen LogP contribution in [0.15, 0.2) is 200 Å². The van der Waals surface area contributed by atoms with E-state index in [1.165, 1.54) is 32.6 Å². The Morgan fingerprint density at radius 1 is 0.345 bits per heavy atom. The second-order valence-corrected chi connectivity index (χ2v) is 14.8. The average molecular weight is 740 g/mol. The lowest BCUT2D eigenvalue weighted by atomic mass is 9.95. The van der Waals surface area contributed by atoms with Crippen molar-refractivity contribution in [2.45, 2.75) is 0 Å². The molecule has 0 spiro atoms. The van der Waals surface area contributed by atoms with Crippen LogP contribution in [0.4, 0.5) is 0 Å². The Bertz CT molecular complexity index is 3530. The summed E-state index contributed by atoms with van der Waals surface area (Å²) in [7, 11) is 0. The molecule has 0 radical (unpaired) electrons. The number of para-hydroxylation sites is 4. The number of nitrogens with zero attached hydrogens (tertiary/aromatic N) is 5. The van der Waals surface area contributed by atoms with E-state index in [9.17, 15) is 0 Å². The molecule has 0 unspecified atom stereocenters. The van der Waals surface area contributed by atoms with Gasteiger partial charge in [-0.2, -0.15) is 5.10 Å². The van der Waals surface area contributed by atoms with Gasteiger partial charge in [-0.1, -0.05) is 158 Å². The molecular formula is C53H33N5. The number of aromatic nitrogens is 5. The highest BCUT2D eigenvalue weighted by Crippen LogP contribution is 2.43. The molecule has 0 saturated heterocycles. The lowest BCUT2D eigenvalue weighted by molar-refractivity contribution is 0.949. The van der Waals surface area contributed by atoms with Crippen LogP contribution in [-0.4, -0.2) is 24.1 Å². The van der Waals surface area contributed by atoms with E-state index in [0.717, 1.165) is 78.0 Å². The number of hydrogen-bond acceptors (Lipinski definition) is 3. The fourth-order valence-electron chi connectivity index (χ4n) is 8.82. The van der Waals surface area contributed by atoms with Crippen molar-refractivity contribution < 1.29 is 0 Å². The normalized spacial score (nSPS) is 11.8. The van der Waals surface area contributed by atoms with Gasteiger partial charge >= 0.3 is 0 Å². The maximum atomic E-state index is 5.40. The van der Waals surface area contributed by atoms with Crippen molar-refractivity contribution in [3.05, 3.63) is 200 Å². The highest BCUT2D eigenvalue weighted by atomic mass is 15.3. The molecule has 5 heteroatoms. The first-order valence-electron chi connectivity index (χ1n) is 19.6. The molecule has 0 amide bonds. The summed E-state index contributed by atoms with van der Waals surface area (Å²) < 4.78 is 4.37. The molecule has 5 nitrogen and oxygen atoms in total. The van der Waals surface area contributed by atoms with Gasteiger partial charge in [0.25, 0.3) is 0 Å². The molecule has 0 aliphatic rings. The number of fused-ring (bicyclic) bond motifs is 10. The summed E-state index contributed by atoms with van der Waals surface area (Å²) in [5.41, 5.74) is 13.8. The molecule has 8 aromatic carbocycles. The lowest BCUT2D eigenvalue weighted by Crippen LogP contribution is -1.99. The minimum atomic E-state index is 0.812. The van der Waals surface area contributed by atoms with Gasteiger partial charge in [0.1, 0.15) is 0 Å². The summed E-state index contributed by atoms with van der Waals surface area (Å²) in [6, 6.07) is 70.7. The first kappa shape index (κ1) is 32.4. The number of benzene rings is 8. The Balaban J connectivity index is 0.980. The molecule has 4 aromatic heterocycles. The van der Waals surface area contributed by atoms with E-state index in [0.29, 0.717) is 0 Å². The molecule has 0 N–H and O–H groups in total. The van der Waals surface area contributed by atoms with Gasteiger partial charge in [-0.15, -0.1) is 0 Å². The van der Waals surface area contributed by atoms with Crippen LogP contribution in [0.2, 0.25) is 0 Å². The van der Waals surface area contributed by atoms with E-state index >= 15 is 0 Å². The average Bonchev–Trinajstić information content (AvgIpc) is 3.90. The van der Waals surface area contributed by atoms with Crippen LogP contribution in [-0.2, 0) is 0 Å². The van der Waals surface area contributed by atoms with Gasteiger partial charge in [-0.3, -0.25) is 0 Å². The SMILES string of the molecule is c1ccc(-c2cc3c4ccccc4nc(-c4ccc(-c5ccc(-c6nc7ccccc7c7ccc8c(c9ccccc9n8-c8ccccc8)c67)cc5)cc4)n3n2)cc1. The van der Waals surface area contributed by atoms with Gasteiger partial charge in [0.05, 0.1) is 39.0 Å². The second-order valence-electron chi connectivity index (χ2n) is 14.8. The molecule has 0 aliphatic carbocycles. The Morgan fingerprint density at radius 3 is 1.67 bits per heavy atom. The molecule has 4 heterocycles. The Kier molecular flexibility index (Phi) is 7.16. The van der Waals surface area contributed by atoms with E-state index in [1.807, 2.05) is 28.8 Å². The third-order valence-corrected chi connectivity index (χ3v) is 11.5. The van der Waals surface area contributed by atoms with Crippen molar-refractivity contribution >= 4 is 59.9 Å². The van der Waals surface area contributed by atoms with Gasteiger partial charge in [0.15, 0.2) is 5.82 Å². The van der Waals surface area contributed by atoms with Crippen LogP contribution in [0.5, 0.6) is 0 Å². The summed E-state index contributed by atoms with van der Waals surface area (Å²) in [5, 5.41) is 12.1. The van der Waals surface area contributed by atoms with Crippen molar-refractivity contribution in [1.82, 2.24) is 24.1 Å². The standard InChI is InChI=1S/C53H33N5/c1-3-13-36(14-4-1)46-33-49-42-18-8-11-21-45(42)55-53(58(49)56-46)38-29-25-35(26-30-38)34-23-27-37(28-24-34)52-51-41(40-17-7-10-20-44(40)54-52)31-32-48-50(51)43-19-9-12-22-47(43)57(48)39-15-5-2-6-16-39/h1-33H. The van der Waals surface area contributed by atoms with Gasteiger partial charge in [0.2, 0.25) is 0 Å². The van der Waals surface area contributed by atoms with Crippen molar-refractivity contribution in [2.75, 3.05) is 0 Å². The topological polar surface area (TPSA) is 48.0 Å². The lowest BCUT2D eigenvalue weighted by Gasteiger charge is -2.13. The zero-order valence-corrected chi connectivity index (χ0v) is 31.3. The highest BCUT2D eigenvalue weighted by Gasteiger charge is 2.20. The maximum absolute atomic E-state index is 5.40. The molecule has 12 rings (SSSR count). The number of hydrogen-bond donors (Lipinski definition) is 0. The fraction of sp³-hybridized carbons (Fsp3) is 0. The smallest absolute Gasteiger partial charge is 0.161 e. The largest absolute Gasteiger partial charge is 0.309 e. The Labute approximate surface area is 333 Å². The van der Waals surface area contributed by atoms with Crippen molar-refractivity contribution in [2.24, 2.45) is 0 Å². The van der Waals surface area contributed by atoms with Crippen LogP contribution in [0, 0.1) is 0 Å². The fourth-order valence-corrected chi connectivity index (χ4v) is 8.82. The maximum Gasteiger partial charge on any atom is 0.161 e. The molecular weight excluding hydrogens is 707 g/mol. The first-order valence-corrected chi connectivity index (χ1v) is 19.6. The third kappa shape index (κ3) is 5.00. The van der Waals surface area contributed by atoms with Gasteiger partial charge in [-0.05, 0) is 59.0 Å². The molecule has 12 aromatic rings. The van der Waals surface area contributed by atoms with E-state index in [1.54, 1.807) is 0 Å². The van der Waals surface area contributed by atoms with E-state index in [2.05, 4.69) is 180 Å².